The normalized spacial score (nSPS) is 13.0. The molecule has 1 heterocycles. The van der Waals surface area contributed by atoms with Gasteiger partial charge in [0.2, 0.25) is 5.91 Å². The predicted octanol–water partition coefficient (Wildman–Crippen LogP) is 2.63. The fraction of sp³-hybridized carbons (Fsp3) is 0.375. The van der Waals surface area contributed by atoms with Gasteiger partial charge in [-0.3, -0.25) is 4.79 Å². The zero-order valence-electron chi connectivity index (χ0n) is 13.2. The molecule has 0 bridgehead atoms. The summed E-state index contributed by atoms with van der Waals surface area (Å²) in [4.78, 5) is 12.1. The van der Waals surface area contributed by atoms with Crippen molar-refractivity contribution in [3.63, 3.8) is 0 Å². The van der Waals surface area contributed by atoms with Crippen LogP contribution in [0.1, 0.15) is 26.3 Å². The molecule has 0 saturated carbocycles. The van der Waals surface area contributed by atoms with Gasteiger partial charge in [-0.2, -0.15) is 5.10 Å². The Kier molecular flexibility index (Phi) is 4.32. The van der Waals surface area contributed by atoms with Gasteiger partial charge >= 0.3 is 0 Å². The van der Waals surface area contributed by atoms with Crippen LogP contribution >= 0.6 is 0 Å². The Balaban J connectivity index is 2.18. The molecule has 22 heavy (non-hydrogen) atoms. The number of rotatable bonds is 3. The van der Waals surface area contributed by atoms with E-state index in [4.69, 9.17) is 5.73 Å². The van der Waals surface area contributed by atoms with Gasteiger partial charge in [0, 0.05) is 11.9 Å². The quantitative estimate of drug-likeness (QED) is 0.915. The molecule has 0 aliphatic carbocycles. The molecule has 0 unspecified atom stereocenters. The topological polar surface area (TPSA) is 72.9 Å². The third kappa shape index (κ3) is 3.51. The molecular weight excluding hydrogens is 283 g/mol. The molecule has 5 nitrogen and oxygen atoms in total. The minimum absolute atomic E-state index is 0.325. The summed E-state index contributed by atoms with van der Waals surface area (Å²) in [5.74, 6) is -0.806. The number of anilines is 1. The Labute approximate surface area is 129 Å². The first-order valence-electron chi connectivity index (χ1n) is 7.06. The van der Waals surface area contributed by atoms with E-state index < -0.39 is 11.9 Å². The summed E-state index contributed by atoms with van der Waals surface area (Å²) in [7, 11) is 0. The molecule has 3 N–H and O–H groups in total. The molecule has 1 aromatic carbocycles. The van der Waals surface area contributed by atoms with E-state index in [0.717, 1.165) is 5.56 Å². The van der Waals surface area contributed by atoms with Crippen LogP contribution < -0.4 is 11.1 Å². The Morgan fingerprint density at radius 2 is 2.09 bits per heavy atom. The summed E-state index contributed by atoms with van der Waals surface area (Å²) in [5, 5.41) is 6.71. The predicted molar refractivity (Wildman–Crippen MR) is 84.3 cm³/mol. The fourth-order valence-corrected chi connectivity index (χ4v) is 1.93. The van der Waals surface area contributed by atoms with Crippen molar-refractivity contribution in [2.24, 2.45) is 11.1 Å². The summed E-state index contributed by atoms with van der Waals surface area (Å²) in [5.41, 5.74) is 7.15. The highest BCUT2D eigenvalue weighted by atomic mass is 19.1. The first kappa shape index (κ1) is 16.2. The largest absolute Gasteiger partial charge is 0.325 e. The van der Waals surface area contributed by atoms with Crippen molar-refractivity contribution in [1.82, 2.24) is 9.78 Å². The van der Waals surface area contributed by atoms with E-state index >= 15 is 0 Å². The molecule has 1 aromatic heterocycles. The third-order valence-electron chi connectivity index (χ3n) is 3.39. The molecule has 2 aromatic rings. The van der Waals surface area contributed by atoms with Crippen molar-refractivity contribution in [1.29, 1.82) is 0 Å². The second-order valence-electron chi connectivity index (χ2n) is 6.46. The van der Waals surface area contributed by atoms with E-state index in [0.29, 0.717) is 11.4 Å². The number of nitrogens with zero attached hydrogens (tertiary/aromatic N) is 2. The zero-order valence-corrected chi connectivity index (χ0v) is 13.2. The van der Waals surface area contributed by atoms with Gasteiger partial charge in [0.15, 0.2) is 5.82 Å². The zero-order chi connectivity index (χ0) is 16.5. The average Bonchev–Trinajstić information content (AvgIpc) is 2.83. The van der Waals surface area contributed by atoms with Crippen LogP contribution in [0.25, 0.3) is 5.69 Å². The third-order valence-corrected chi connectivity index (χ3v) is 3.39. The SMILES string of the molecule is Cc1cnn(-c2ccc(NC(=O)[C@@H](N)C(C)(C)C)cc2F)c1. The van der Waals surface area contributed by atoms with Gasteiger partial charge in [0.1, 0.15) is 5.69 Å². The molecule has 0 aliphatic heterocycles. The van der Waals surface area contributed by atoms with Crippen LogP contribution in [-0.4, -0.2) is 21.7 Å². The maximum atomic E-state index is 14.2. The van der Waals surface area contributed by atoms with Crippen LogP contribution in [0.5, 0.6) is 0 Å². The van der Waals surface area contributed by atoms with Crippen LogP contribution in [0.15, 0.2) is 30.6 Å². The second kappa shape index (κ2) is 5.88. The van der Waals surface area contributed by atoms with Crippen LogP contribution in [0, 0.1) is 18.2 Å². The lowest BCUT2D eigenvalue weighted by molar-refractivity contribution is -0.119. The van der Waals surface area contributed by atoms with E-state index in [9.17, 15) is 9.18 Å². The molecule has 0 saturated heterocycles. The number of nitrogens with one attached hydrogen (secondary N) is 1. The number of halogens is 1. The molecule has 118 valence electrons. The van der Waals surface area contributed by atoms with E-state index in [-0.39, 0.29) is 11.3 Å². The van der Waals surface area contributed by atoms with Gasteiger partial charge in [-0.25, -0.2) is 9.07 Å². The first-order chi connectivity index (χ1) is 10.2. The lowest BCUT2D eigenvalue weighted by Gasteiger charge is -2.25. The maximum absolute atomic E-state index is 14.2. The molecule has 0 aliphatic rings. The van der Waals surface area contributed by atoms with Crippen LogP contribution in [-0.2, 0) is 4.79 Å². The van der Waals surface area contributed by atoms with Crippen LogP contribution in [0.3, 0.4) is 0 Å². The van der Waals surface area contributed by atoms with Crippen molar-refractivity contribution in [2.45, 2.75) is 33.7 Å². The molecule has 0 spiro atoms. The minimum atomic E-state index is -0.677. The van der Waals surface area contributed by atoms with Gasteiger partial charge in [0.05, 0.1) is 12.2 Å². The van der Waals surface area contributed by atoms with E-state index in [1.54, 1.807) is 24.5 Å². The molecule has 6 heteroatoms. The van der Waals surface area contributed by atoms with E-state index in [2.05, 4.69) is 10.4 Å². The number of nitrogens with two attached hydrogens (primary N) is 1. The molecule has 0 fully saturated rings. The number of carbonyl (C=O) groups excluding carboxylic acids is 1. The molecule has 1 amide bonds. The van der Waals surface area contributed by atoms with Crippen LogP contribution in [0.2, 0.25) is 0 Å². The molecular formula is C16H21FN4O. The van der Waals surface area contributed by atoms with E-state index in [1.165, 1.54) is 10.7 Å². The minimum Gasteiger partial charge on any atom is -0.325 e. The smallest absolute Gasteiger partial charge is 0.241 e. The highest BCUT2D eigenvalue weighted by Crippen LogP contribution is 2.21. The lowest BCUT2D eigenvalue weighted by atomic mass is 9.87. The number of carbonyl (C=O) groups is 1. The van der Waals surface area contributed by atoms with Gasteiger partial charge in [-0.1, -0.05) is 20.8 Å². The fourth-order valence-electron chi connectivity index (χ4n) is 1.93. The van der Waals surface area contributed by atoms with Gasteiger partial charge in [-0.15, -0.1) is 0 Å². The van der Waals surface area contributed by atoms with Crippen molar-refractivity contribution in [2.75, 3.05) is 5.32 Å². The lowest BCUT2D eigenvalue weighted by Crippen LogP contribution is -2.45. The summed E-state index contributed by atoms with van der Waals surface area (Å²) in [6, 6.07) is 3.78. The second-order valence-corrected chi connectivity index (χ2v) is 6.46. The number of aromatic nitrogens is 2. The Morgan fingerprint density at radius 1 is 1.41 bits per heavy atom. The summed E-state index contributed by atoms with van der Waals surface area (Å²) < 4.78 is 15.6. The van der Waals surface area contributed by atoms with Crippen molar-refractivity contribution >= 4 is 11.6 Å². The summed E-state index contributed by atoms with van der Waals surface area (Å²) in [6.45, 7) is 7.51. The van der Waals surface area contributed by atoms with Crippen LogP contribution in [0.4, 0.5) is 10.1 Å². The van der Waals surface area contributed by atoms with Gasteiger partial charge in [-0.05, 0) is 36.1 Å². The number of hydrogen-bond acceptors (Lipinski definition) is 3. The van der Waals surface area contributed by atoms with E-state index in [1.807, 2.05) is 27.7 Å². The molecule has 2 rings (SSSR count). The maximum Gasteiger partial charge on any atom is 0.241 e. The first-order valence-corrected chi connectivity index (χ1v) is 7.06. The van der Waals surface area contributed by atoms with Gasteiger partial charge in [0.25, 0.3) is 0 Å². The Bertz CT molecular complexity index is 688. The number of aryl methyl sites for hydroxylation is 1. The Morgan fingerprint density at radius 3 is 2.59 bits per heavy atom. The van der Waals surface area contributed by atoms with Gasteiger partial charge < -0.3 is 11.1 Å². The number of hydrogen-bond donors (Lipinski definition) is 2. The molecule has 1 atom stereocenters. The highest BCUT2D eigenvalue weighted by Gasteiger charge is 2.27. The summed E-state index contributed by atoms with van der Waals surface area (Å²) >= 11 is 0. The Hall–Kier alpha value is -2.21. The molecule has 0 radical (unpaired) electrons. The monoisotopic (exact) mass is 304 g/mol. The average molecular weight is 304 g/mol. The summed E-state index contributed by atoms with van der Waals surface area (Å²) in [6.07, 6.45) is 3.38. The van der Waals surface area contributed by atoms with Crippen molar-refractivity contribution in [3.8, 4) is 5.69 Å². The van der Waals surface area contributed by atoms with Crippen molar-refractivity contribution in [3.05, 3.63) is 42.0 Å². The van der Waals surface area contributed by atoms with Crippen molar-refractivity contribution < 1.29 is 9.18 Å². The number of amides is 1. The highest BCUT2D eigenvalue weighted by molar-refractivity contribution is 5.95. The number of benzene rings is 1. The standard InChI is InChI=1S/C16H21FN4O/c1-10-8-19-21(9-10)13-6-5-11(7-12(13)17)20-15(22)14(18)16(2,3)4/h5-9,14H,18H2,1-4H3,(H,20,22)/t14-/m1/s1.